The average molecular weight is 581 g/mol. The number of carbonyl (C=O) groups is 3. The van der Waals surface area contributed by atoms with E-state index in [1.807, 2.05) is 0 Å². The van der Waals surface area contributed by atoms with Gasteiger partial charge in [-0.3, -0.25) is 19.3 Å². The van der Waals surface area contributed by atoms with Crippen LogP contribution in [0.25, 0.3) is 0 Å². The number of piperidine rings is 1. The van der Waals surface area contributed by atoms with Crippen molar-refractivity contribution in [2.75, 3.05) is 66.1 Å². The number of halogens is 1. The molecule has 224 valence electrons. The number of benzene rings is 1. The molecule has 0 spiro atoms. The Morgan fingerprint density at radius 1 is 1.00 bits per heavy atom. The summed E-state index contributed by atoms with van der Waals surface area (Å²) >= 11 is 0. The first kappa shape index (κ1) is 28.5. The minimum Gasteiger partial charge on any atom is -0.475 e. The van der Waals surface area contributed by atoms with E-state index < -0.39 is 17.8 Å². The Morgan fingerprint density at radius 3 is 2.62 bits per heavy atom. The van der Waals surface area contributed by atoms with Crippen molar-refractivity contribution in [1.82, 2.24) is 29.9 Å². The molecule has 0 unspecified atom stereocenters. The lowest BCUT2D eigenvalue weighted by molar-refractivity contribution is -0.143. The SMILES string of the molecule is CN1CCC(N2C[C@@H]3OCC(=O)N4CCN(C(=O)c5ccccc5F)C[C@H]4COc4ncccc4C(=O)N[C@@H]3C2)CC1. The number of rotatable bonds is 2. The molecule has 11 nitrogen and oxygen atoms in total. The molecule has 42 heavy (non-hydrogen) atoms. The molecular formula is C30H37FN6O5. The first-order valence-electron chi connectivity index (χ1n) is 14.6. The molecule has 1 aromatic heterocycles. The molecule has 3 fully saturated rings. The van der Waals surface area contributed by atoms with Crippen LogP contribution in [0.2, 0.25) is 0 Å². The van der Waals surface area contributed by atoms with Crippen LogP contribution < -0.4 is 10.1 Å². The van der Waals surface area contributed by atoms with Crippen LogP contribution in [0.4, 0.5) is 4.39 Å². The second-order valence-electron chi connectivity index (χ2n) is 11.6. The van der Waals surface area contributed by atoms with Gasteiger partial charge in [0.1, 0.15) is 24.6 Å². The maximum absolute atomic E-state index is 14.4. The van der Waals surface area contributed by atoms with Crippen molar-refractivity contribution in [3.8, 4) is 5.88 Å². The number of piperazine rings is 1. The zero-order valence-electron chi connectivity index (χ0n) is 23.8. The largest absolute Gasteiger partial charge is 0.475 e. The molecule has 4 aliphatic heterocycles. The third kappa shape index (κ3) is 5.97. The monoisotopic (exact) mass is 580 g/mol. The van der Waals surface area contributed by atoms with E-state index >= 15 is 0 Å². The van der Waals surface area contributed by atoms with Crippen LogP contribution in [-0.2, 0) is 9.53 Å². The summed E-state index contributed by atoms with van der Waals surface area (Å²) in [5, 5.41) is 3.12. The normalized spacial score (nSPS) is 26.6. The molecule has 3 amide bonds. The van der Waals surface area contributed by atoms with Crippen LogP contribution in [0.5, 0.6) is 5.88 Å². The van der Waals surface area contributed by atoms with Crippen LogP contribution in [0.1, 0.15) is 33.6 Å². The van der Waals surface area contributed by atoms with Gasteiger partial charge in [0, 0.05) is 45.0 Å². The highest BCUT2D eigenvalue weighted by molar-refractivity contribution is 5.96. The maximum Gasteiger partial charge on any atom is 0.257 e. The highest BCUT2D eigenvalue weighted by Crippen LogP contribution is 2.25. The molecule has 0 radical (unpaired) electrons. The minimum absolute atomic E-state index is 0.000840. The molecule has 12 heteroatoms. The van der Waals surface area contributed by atoms with Crippen LogP contribution in [-0.4, -0.2) is 133 Å². The fourth-order valence-corrected chi connectivity index (χ4v) is 6.45. The molecule has 1 N–H and O–H groups in total. The van der Waals surface area contributed by atoms with E-state index in [4.69, 9.17) is 9.47 Å². The lowest BCUT2D eigenvalue weighted by Gasteiger charge is -2.41. The first-order chi connectivity index (χ1) is 20.4. The Morgan fingerprint density at radius 2 is 1.81 bits per heavy atom. The number of pyridine rings is 1. The van der Waals surface area contributed by atoms with Crippen molar-refractivity contribution in [3.05, 3.63) is 59.5 Å². The summed E-state index contributed by atoms with van der Waals surface area (Å²) < 4.78 is 26.7. The average Bonchev–Trinajstić information content (AvgIpc) is 3.41. The molecule has 1 aromatic carbocycles. The summed E-state index contributed by atoms with van der Waals surface area (Å²) in [4.78, 5) is 52.4. The van der Waals surface area contributed by atoms with E-state index in [-0.39, 0.29) is 68.3 Å². The van der Waals surface area contributed by atoms with E-state index in [0.29, 0.717) is 24.7 Å². The molecular weight excluding hydrogens is 543 g/mol. The lowest BCUT2D eigenvalue weighted by atomic mass is 10.0. The molecule has 3 atom stereocenters. The second-order valence-corrected chi connectivity index (χ2v) is 11.6. The van der Waals surface area contributed by atoms with Crippen molar-refractivity contribution >= 4 is 17.7 Å². The van der Waals surface area contributed by atoms with Gasteiger partial charge in [0.05, 0.1) is 23.8 Å². The van der Waals surface area contributed by atoms with Crippen LogP contribution >= 0.6 is 0 Å². The number of hydrogen-bond acceptors (Lipinski definition) is 8. The summed E-state index contributed by atoms with van der Waals surface area (Å²) in [6, 6.07) is 8.75. The number of nitrogens with zero attached hydrogens (tertiary/aromatic N) is 5. The molecule has 0 bridgehead atoms. The molecule has 4 aliphatic rings. The van der Waals surface area contributed by atoms with E-state index in [1.54, 1.807) is 29.3 Å². The van der Waals surface area contributed by atoms with Gasteiger partial charge in [-0.25, -0.2) is 9.37 Å². The van der Waals surface area contributed by atoms with Crippen molar-refractivity contribution in [1.29, 1.82) is 0 Å². The molecule has 6 rings (SSSR count). The number of fused-ring (bicyclic) bond motifs is 3. The van der Waals surface area contributed by atoms with Gasteiger partial charge < -0.3 is 29.5 Å². The second kappa shape index (κ2) is 12.3. The number of ether oxygens (including phenoxy) is 2. The van der Waals surface area contributed by atoms with Crippen LogP contribution in [0.15, 0.2) is 42.6 Å². The third-order valence-corrected chi connectivity index (χ3v) is 8.86. The van der Waals surface area contributed by atoms with Crippen molar-refractivity contribution in [2.45, 2.75) is 37.1 Å². The maximum atomic E-state index is 14.4. The van der Waals surface area contributed by atoms with Crippen molar-refractivity contribution in [3.63, 3.8) is 0 Å². The fraction of sp³-hybridized carbons (Fsp3) is 0.533. The van der Waals surface area contributed by atoms with Gasteiger partial charge in [0.15, 0.2) is 0 Å². The van der Waals surface area contributed by atoms with Gasteiger partial charge in [0.25, 0.3) is 11.8 Å². The minimum atomic E-state index is -0.592. The predicted molar refractivity (Wildman–Crippen MR) is 151 cm³/mol. The Labute approximate surface area is 244 Å². The smallest absolute Gasteiger partial charge is 0.257 e. The fourth-order valence-electron chi connectivity index (χ4n) is 6.45. The van der Waals surface area contributed by atoms with E-state index in [9.17, 15) is 18.8 Å². The summed E-state index contributed by atoms with van der Waals surface area (Å²) in [7, 11) is 2.13. The molecule has 5 heterocycles. The van der Waals surface area contributed by atoms with Gasteiger partial charge >= 0.3 is 0 Å². The van der Waals surface area contributed by atoms with Gasteiger partial charge in [-0.15, -0.1) is 0 Å². The van der Waals surface area contributed by atoms with E-state index in [2.05, 4.69) is 27.1 Å². The number of likely N-dealkylation sites (tertiary alicyclic amines) is 2. The van der Waals surface area contributed by atoms with Gasteiger partial charge in [0.2, 0.25) is 11.8 Å². The number of hydrogen-bond donors (Lipinski definition) is 1. The third-order valence-electron chi connectivity index (χ3n) is 8.86. The Bertz CT molecular complexity index is 1320. The first-order valence-corrected chi connectivity index (χ1v) is 14.6. The van der Waals surface area contributed by atoms with E-state index in [0.717, 1.165) is 25.9 Å². The number of aromatic nitrogens is 1. The number of amides is 3. The topological polar surface area (TPSA) is 108 Å². The highest BCUT2D eigenvalue weighted by Gasteiger charge is 2.41. The molecule has 2 aromatic rings. The van der Waals surface area contributed by atoms with Gasteiger partial charge in [-0.2, -0.15) is 0 Å². The summed E-state index contributed by atoms with van der Waals surface area (Å²) in [6.07, 6.45) is 3.27. The van der Waals surface area contributed by atoms with E-state index in [1.165, 1.54) is 23.1 Å². The lowest BCUT2D eigenvalue weighted by Crippen LogP contribution is -2.59. The molecule has 0 aliphatic carbocycles. The summed E-state index contributed by atoms with van der Waals surface area (Å²) in [6.45, 7) is 3.78. The zero-order chi connectivity index (χ0) is 29.2. The quantitative estimate of drug-likeness (QED) is 0.558. The number of carbonyl (C=O) groups excluding carboxylic acids is 3. The summed E-state index contributed by atoms with van der Waals surface area (Å²) in [5.41, 5.74) is 0.275. The zero-order valence-corrected chi connectivity index (χ0v) is 23.8. The predicted octanol–water partition coefficient (Wildman–Crippen LogP) is 0.860. The summed E-state index contributed by atoms with van der Waals surface area (Å²) in [5.74, 6) is -1.42. The van der Waals surface area contributed by atoms with Crippen molar-refractivity contribution < 1.29 is 28.2 Å². The highest BCUT2D eigenvalue weighted by atomic mass is 19.1. The Hall–Kier alpha value is -3.61. The van der Waals surface area contributed by atoms with Crippen LogP contribution in [0, 0.1) is 5.82 Å². The van der Waals surface area contributed by atoms with Crippen molar-refractivity contribution in [2.24, 2.45) is 0 Å². The van der Waals surface area contributed by atoms with Gasteiger partial charge in [-0.1, -0.05) is 12.1 Å². The number of nitrogens with one attached hydrogen (secondary N) is 1. The Balaban J connectivity index is 1.23. The van der Waals surface area contributed by atoms with Crippen LogP contribution in [0.3, 0.4) is 0 Å². The Kier molecular flexibility index (Phi) is 8.36. The molecule has 0 saturated carbocycles. The molecule has 3 saturated heterocycles. The standard InChI is InChI=1S/C30H37FN6O5/c1-34-11-8-20(9-12-34)36-16-25-26(17-36)41-19-27(38)37-14-13-35(30(40)22-5-2-3-7-24(22)31)15-21(37)18-42-29-23(28(39)33-25)6-4-10-32-29/h2-7,10,20-21,25-26H,8-9,11-19H2,1H3,(H,33,39)/t21-,25+,26-/m0/s1. The van der Waals surface area contributed by atoms with Gasteiger partial charge in [-0.05, 0) is 57.2 Å².